The molecule has 0 saturated heterocycles. The van der Waals surface area contributed by atoms with Gasteiger partial charge in [-0.3, -0.25) is 9.59 Å². The quantitative estimate of drug-likeness (QED) is 0.275. The van der Waals surface area contributed by atoms with Crippen LogP contribution >= 0.6 is 0 Å². The van der Waals surface area contributed by atoms with Gasteiger partial charge in [0.2, 0.25) is 0 Å². The van der Waals surface area contributed by atoms with Crippen molar-refractivity contribution >= 4 is 17.7 Å². The molecule has 1 amide bonds. The average Bonchev–Trinajstić information content (AvgIpc) is 2.90. The second kappa shape index (κ2) is 11.3. The highest BCUT2D eigenvalue weighted by Crippen LogP contribution is 2.28. The number of esters is 1. The largest absolute Gasteiger partial charge is 0.484 e. The number of carbonyl (C=O) groups is 3. The van der Waals surface area contributed by atoms with E-state index in [1.807, 2.05) is 24.3 Å². The van der Waals surface area contributed by atoms with Crippen LogP contribution in [0.4, 0.5) is 0 Å². The summed E-state index contributed by atoms with van der Waals surface area (Å²) in [5.74, 6) is 0.213. The monoisotopic (exact) mass is 503 g/mol. The zero-order valence-electron chi connectivity index (χ0n) is 21.0. The second-order valence-corrected chi connectivity index (χ2v) is 9.57. The molecular weight excluding hydrogens is 474 g/mol. The van der Waals surface area contributed by atoms with Crippen LogP contribution in [0.5, 0.6) is 17.2 Å². The fourth-order valence-electron chi connectivity index (χ4n) is 3.69. The molecule has 0 atom stereocenters. The molecule has 8 nitrogen and oxygen atoms in total. The Morgan fingerprint density at radius 2 is 1.62 bits per heavy atom. The number of carbonyl (C=O) groups excluding carboxylic acids is 3. The SMILES string of the molecule is CC(C)(C)c1ccc(OCC(=O)NCC(=O)c2ccc(OC(=O)c3cccc4c3COCO4)cc2)cc1. The molecule has 1 aliphatic heterocycles. The van der Waals surface area contributed by atoms with Crippen molar-refractivity contribution in [2.75, 3.05) is 19.9 Å². The van der Waals surface area contributed by atoms with Gasteiger partial charge in [-0.1, -0.05) is 39.0 Å². The Balaban J connectivity index is 1.25. The highest BCUT2D eigenvalue weighted by atomic mass is 16.7. The lowest BCUT2D eigenvalue weighted by Crippen LogP contribution is -2.33. The summed E-state index contributed by atoms with van der Waals surface area (Å²) in [6, 6.07) is 18.8. The van der Waals surface area contributed by atoms with Crippen molar-refractivity contribution in [1.82, 2.24) is 5.32 Å². The minimum atomic E-state index is -0.551. The molecule has 1 N–H and O–H groups in total. The van der Waals surface area contributed by atoms with E-state index in [0.29, 0.717) is 28.2 Å². The summed E-state index contributed by atoms with van der Waals surface area (Å²) >= 11 is 0. The summed E-state index contributed by atoms with van der Waals surface area (Å²) in [6.07, 6.45) is 0. The first-order valence-electron chi connectivity index (χ1n) is 11.9. The van der Waals surface area contributed by atoms with Crippen molar-refractivity contribution < 1.29 is 33.3 Å². The molecule has 8 heteroatoms. The number of ether oxygens (including phenoxy) is 4. The third-order valence-corrected chi connectivity index (χ3v) is 5.82. The number of amides is 1. The predicted molar refractivity (Wildman–Crippen MR) is 136 cm³/mol. The van der Waals surface area contributed by atoms with Gasteiger partial charge in [-0.05, 0) is 59.5 Å². The smallest absolute Gasteiger partial charge is 0.344 e. The summed E-state index contributed by atoms with van der Waals surface area (Å²) in [6.45, 7) is 6.38. The maximum Gasteiger partial charge on any atom is 0.344 e. The summed E-state index contributed by atoms with van der Waals surface area (Å²) in [5.41, 5.74) is 2.55. The first kappa shape index (κ1) is 25.9. The van der Waals surface area contributed by atoms with Crippen LogP contribution in [0.25, 0.3) is 0 Å². The van der Waals surface area contributed by atoms with Crippen molar-refractivity contribution in [2.24, 2.45) is 0 Å². The number of ketones is 1. The van der Waals surface area contributed by atoms with Crippen molar-refractivity contribution in [1.29, 1.82) is 0 Å². The third-order valence-electron chi connectivity index (χ3n) is 5.82. The highest BCUT2D eigenvalue weighted by Gasteiger charge is 2.21. The molecule has 0 spiro atoms. The van der Waals surface area contributed by atoms with Gasteiger partial charge < -0.3 is 24.3 Å². The van der Waals surface area contributed by atoms with Gasteiger partial charge in [0, 0.05) is 11.1 Å². The van der Waals surface area contributed by atoms with Gasteiger partial charge in [-0.2, -0.15) is 0 Å². The molecule has 1 heterocycles. The maximum absolute atomic E-state index is 12.6. The van der Waals surface area contributed by atoms with Gasteiger partial charge in [0.25, 0.3) is 5.91 Å². The molecule has 1 aliphatic rings. The van der Waals surface area contributed by atoms with Crippen LogP contribution in [0.3, 0.4) is 0 Å². The van der Waals surface area contributed by atoms with E-state index in [-0.39, 0.29) is 43.5 Å². The number of nitrogens with one attached hydrogen (secondary N) is 1. The number of rotatable bonds is 8. The Morgan fingerprint density at radius 1 is 0.919 bits per heavy atom. The van der Waals surface area contributed by atoms with Crippen LogP contribution in [0.2, 0.25) is 0 Å². The summed E-state index contributed by atoms with van der Waals surface area (Å²) < 4.78 is 21.6. The normalized spacial score (nSPS) is 12.6. The maximum atomic E-state index is 12.6. The molecule has 37 heavy (non-hydrogen) atoms. The Bertz CT molecular complexity index is 1280. The molecule has 4 rings (SSSR count). The second-order valence-electron chi connectivity index (χ2n) is 9.57. The van der Waals surface area contributed by atoms with Gasteiger partial charge in [0.15, 0.2) is 19.2 Å². The van der Waals surface area contributed by atoms with Crippen LogP contribution in [0.1, 0.15) is 52.6 Å². The van der Waals surface area contributed by atoms with Crippen molar-refractivity contribution in [2.45, 2.75) is 32.8 Å². The molecule has 3 aromatic carbocycles. The molecular formula is C29H29NO7. The third kappa shape index (κ3) is 6.74. The molecule has 0 radical (unpaired) electrons. The van der Waals surface area contributed by atoms with Crippen LogP contribution in [-0.4, -0.2) is 37.6 Å². The van der Waals surface area contributed by atoms with Crippen molar-refractivity contribution in [3.63, 3.8) is 0 Å². The predicted octanol–water partition coefficient (Wildman–Crippen LogP) is 4.45. The number of benzene rings is 3. The minimum Gasteiger partial charge on any atom is -0.484 e. The molecule has 0 bridgehead atoms. The highest BCUT2D eigenvalue weighted by molar-refractivity contribution is 5.99. The van der Waals surface area contributed by atoms with Crippen LogP contribution < -0.4 is 19.5 Å². The standard InChI is InChI=1S/C29H29NO7/c1-29(2,3)20-9-13-21(14-10-20)35-17-27(32)30-15-25(31)19-7-11-22(12-8-19)37-28(33)23-5-4-6-26-24(23)16-34-18-36-26/h4-14H,15-18H2,1-3H3,(H,30,32). The first-order valence-corrected chi connectivity index (χ1v) is 11.9. The Labute approximate surface area is 215 Å². The Kier molecular flexibility index (Phi) is 7.89. The van der Waals surface area contributed by atoms with E-state index in [9.17, 15) is 14.4 Å². The Hall–Kier alpha value is -4.17. The van der Waals surface area contributed by atoms with Gasteiger partial charge in [-0.15, -0.1) is 0 Å². The van der Waals surface area contributed by atoms with E-state index < -0.39 is 11.9 Å². The van der Waals surface area contributed by atoms with Gasteiger partial charge in [0.05, 0.1) is 18.7 Å². The Morgan fingerprint density at radius 3 is 2.32 bits per heavy atom. The number of fused-ring (bicyclic) bond motifs is 1. The number of hydrogen-bond donors (Lipinski definition) is 1. The molecule has 0 saturated carbocycles. The van der Waals surface area contributed by atoms with Gasteiger partial charge in [0.1, 0.15) is 17.2 Å². The van der Waals surface area contributed by atoms with Gasteiger partial charge in [-0.25, -0.2) is 4.79 Å². The van der Waals surface area contributed by atoms with Crippen LogP contribution in [0, 0.1) is 0 Å². The summed E-state index contributed by atoms with van der Waals surface area (Å²) in [5, 5.41) is 2.56. The van der Waals surface area contributed by atoms with E-state index in [4.69, 9.17) is 18.9 Å². The zero-order valence-corrected chi connectivity index (χ0v) is 21.0. The average molecular weight is 504 g/mol. The molecule has 0 aromatic heterocycles. The minimum absolute atomic E-state index is 0.0301. The molecule has 0 unspecified atom stereocenters. The molecule has 0 fully saturated rings. The lowest BCUT2D eigenvalue weighted by molar-refractivity contribution is -0.122. The molecule has 192 valence electrons. The molecule has 3 aromatic rings. The first-order chi connectivity index (χ1) is 17.7. The fourth-order valence-corrected chi connectivity index (χ4v) is 3.69. The van der Waals surface area contributed by atoms with Crippen LogP contribution in [0.15, 0.2) is 66.7 Å². The van der Waals surface area contributed by atoms with E-state index in [1.54, 1.807) is 18.2 Å². The van der Waals surface area contributed by atoms with E-state index in [2.05, 4.69) is 26.1 Å². The van der Waals surface area contributed by atoms with Crippen molar-refractivity contribution in [3.8, 4) is 17.2 Å². The summed E-state index contributed by atoms with van der Waals surface area (Å²) in [7, 11) is 0. The fraction of sp³-hybridized carbons (Fsp3) is 0.276. The van der Waals surface area contributed by atoms with Crippen LogP contribution in [-0.2, 0) is 21.6 Å². The number of Topliss-reactive ketones (excluding diaryl/α,β-unsaturated/α-hetero) is 1. The topological polar surface area (TPSA) is 100 Å². The number of hydrogen-bond acceptors (Lipinski definition) is 7. The van der Waals surface area contributed by atoms with E-state index in [1.165, 1.54) is 29.8 Å². The van der Waals surface area contributed by atoms with Gasteiger partial charge >= 0.3 is 5.97 Å². The lowest BCUT2D eigenvalue weighted by atomic mass is 9.87. The van der Waals surface area contributed by atoms with E-state index in [0.717, 1.165) is 0 Å². The zero-order chi connectivity index (χ0) is 26.4. The van der Waals surface area contributed by atoms with Crippen molar-refractivity contribution in [3.05, 3.63) is 89.0 Å². The van der Waals surface area contributed by atoms with E-state index >= 15 is 0 Å². The summed E-state index contributed by atoms with van der Waals surface area (Å²) in [4.78, 5) is 37.3. The lowest BCUT2D eigenvalue weighted by Gasteiger charge is -2.19. The molecule has 0 aliphatic carbocycles.